The molecule has 3 aromatic rings. The van der Waals surface area contributed by atoms with Crippen LogP contribution in [0, 0.1) is 5.92 Å². The van der Waals surface area contributed by atoms with Crippen molar-refractivity contribution in [3.63, 3.8) is 0 Å². The molecule has 1 amide bonds. The summed E-state index contributed by atoms with van der Waals surface area (Å²) in [5.74, 6) is 0.357. The lowest BCUT2D eigenvalue weighted by atomic mass is 10.1. The number of rotatable bonds is 8. The average molecular weight is 524 g/mol. The highest BCUT2D eigenvalue weighted by Gasteiger charge is 2.36. The van der Waals surface area contributed by atoms with Gasteiger partial charge >= 0.3 is 5.97 Å². The first-order valence-electron chi connectivity index (χ1n) is 10.6. The molecule has 0 bridgehead atoms. The SMILES string of the molecule is COc1ccc(Oc2ccc(N3C[C@H](C(=O)OCC(=O)c4ccc(Br)cc4)CC3=O)cc2)cc1. The van der Waals surface area contributed by atoms with E-state index in [4.69, 9.17) is 14.2 Å². The normalized spacial score (nSPS) is 15.2. The Balaban J connectivity index is 1.32. The zero-order valence-corrected chi connectivity index (χ0v) is 20.0. The van der Waals surface area contributed by atoms with Crippen molar-refractivity contribution in [2.24, 2.45) is 5.92 Å². The van der Waals surface area contributed by atoms with Crippen LogP contribution in [-0.4, -0.2) is 37.9 Å². The number of Topliss-reactive ketones (excluding diaryl/α,β-unsaturated/α-hetero) is 1. The van der Waals surface area contributed by atoms with Gasteiger partial charge in [-0.1, -0.05) is 28.1 Å². The zero-order valence-electron chi connectivity index (χ0n) is 18.4. The van der Waals surface area contributed by atoms with Gasteiger partial charge in [-0.3, -0.25) is 14.4 Å². The molecule has 0 aliphatic carbocycles. The Bertz CT molecular complexity index is 1180. The molecule has 0 unspecified atom stereocenters. The molecule has 1 saturated heterocycles. The van der Waals surface area contributed by atoms with Gasteiger partial charge in [0.1, 0.15) is 17.2 Å². The quantitative estimate of drug-likeness (QED) is 0.304. The molecule has 34 heavy (non-hydrogen) atoms. The van der Waals surface area contributed by atoms with Crippen LogP contribution in [0.5, 0.6) is 17.2 Å². The molecule has 1 aliphatic rings. The third-order valence-electron chi connectivity index (χ3n) is 5.41. The first-order chi connectivity index (χ1) is 16.4. The number of hydrogen-bond donors (Lipinski definition) is 0. The monoisotopic (exact) mass is 523 g/mol. The maximum atomic E-state index is 12.5. The van der Waals surface area contributed by atoms with Gasteiger partial charge in [0.2, 0.25) is 5.91 Å². The molecule has 174 valence electrons. The minimum atomic E-state index is -0.625. The number of hydrogen-bond acceptors (Lipinski definition) is 6. The smallest absolute Gasteiger partial charge is 0.311 e. The first-order valence-corrected chi connectivity index (χ1v) is 11.4. The average Bonchev–Trinajstić information content (AvgIpc) is 3.25. The summed E-state index contributed by atoms with van der Waals surface area (Å²) in [5, 5.41) is 0. The minimum Gasteiger partial charge on any atom is -0.497 e. The van der Waals surface area contributed by atoms with Gasteiger partial charge in [0, 0.05) is 28.7 Å². The van der Waals surface area contributed by atoms with E-state index < -0.39 is 11.9 Å². The molecule has 3 aromatic carbocycles. The van der Waals surface area contributed by atoms with Crippen LogP contribution < -0.4 is 14.4 Å². The van der Waals surface area contributed by atoms with E-state index in [2.05, 4.69) is 15.9 Å². The van der Waals surface area contributed by atoms with Gasteiger partial charge in [0.25, 0.3) is 0 Å². The van der Waals surface area contributed by atoms with Crippen molar-refractivity contribution in [2.45, 2.75) is 6.42 Å². The molecule has 1 aliphatic heterocycles. The van der Waals surface area contributed by atoms with E-state index in [1.165, 1.54) is 0 Å². The Labute approximate surface area is 205 Å². The van der Waals surface area contributed by atoms with Crippen LogP contribution >= 0.6 is 15.9 Å². The van der Waals surface area contributed by atoms with E-state index in [1.807, 2.05) is 0 Å². The fourth-order valence-corrected chi connectivity index (χ4v) is 3.83. The highest BCUT2D eigenvalue weighted by Crippen LogP contribution is 2.29. The molecule has 0 N–H and O–H groups in total. The van der Waals surface area contributed by atoms with E-state index in [-0.39, 0.29) is 31.3 Å². The van der Waals surface area contributed by atoms with Crippen molar-refractivity contribution in [3.8, 4) is 17.2 Å². The topological polar surface area (TPSA) is 82.1 Å². The molecule has 0 saturated carbocycles. The molecule has 7 nitrogen and oxygen atoms in total. The summed E-state index contributed by atoms with van der Waals surface area (Å²) in [4.78, 5) is 38.8. The van der Waals surface area contributed by atoms with E-state index >= 15 is 0 Å². The Hall–Kier alpha value is -3.65. The molecule has 1 fully saturated rings. The molecule has 1 heterocycles. The molecule has 0 spiro atoms. The fourth-order valence-electron chi connectivity index (χ4n) is 3.56. The van der Waals surface area contributed by atoms with Crippen LogP contribution in [0.15, 0.2) is 77.3 Å². The van der Waals surface area contributed by atoms with E-state index in [1.54, 1.807) is 84.8 Å². The number of benzene rings is 3. The number of ketones is 1. The second-order valence-electron chi connectivity index (χ2n) is 7.71. The van der Waals surface area contributed by atoms with Crippen molar-refractivity contribution in [2.75, 3.05) is 25.2 Å². The Morgan fingerprint density at radius 1 is 0.912 bits per heavy atom. The van der Waals surface area contributed by atoms with Crippen molar-refractivity contribution in [1.82, 2.24) is 0 Å². The second kappa shape index (κ2) is 10.5. The minimum absolute atomic E-state index is 0.0371. The number of halogens is 1. The third-order valence-corrected chi connectivity index (χ3v) is 5.94. The summed E-state index contributed by atoms with van der Waals surface area (Å²) in [6, 6.07) is 21.1. The Morgan fingerprint density at radius 2 is 1.50 bits per heavy atom. The zero-order chi connectivity index (χ0) is 24.1. The summed E-state index contributed by atoms with van der Waals surface area (Å²) in [7, 11) is 1.60. The van der Waals surface area contributed by atoms with Gasteiger partial charge in [-0.15, -0.1) is 0 Å². The standard InChI is InChI=1S/C26H22BrNO6/c1-32-21-10-12-23(13-11-21)34-22-8-6-20(7-9-22)28-15-18(14-25(28)30)26(31)33-16-24(29)17-2-4-19(27)5-3-17/h2-13,18H,14-16H2,1H3/t18-/m1/s1. The maximum Gasteiger partial charge on any atom is 0.311 e. The van der Waals surface area contributed by atoms with Crippen LogP contribution in [0.1, 0.15) is 16.8 Å². The number of nitrogens with zero attached hydrogens (tertiary/aromatic N) is 1. The van der Waals surface area contributed by atoms with Gasteiger partial charge in [-0.2, -0.15) is 0 Å². The third kappa shape index (κ3) is 5.63. The fraction of sp³-hybridized carbons (Fsp3) is 0.192. The van der Waals surface area contributed by atoms with E-state index in [0.29, 0.717) is 22.7 Å². The number of ether oxygens (including phenoxy) is 3. The highest BCUT2D eigenvalue weighted by molar-refractivity contribution is 9.10. The molecule has 0 aromatic heterocycles. The van der Waals surface area contributed by atoms with Crippen LogP contribution in [0.4, 0.5) is 5.69 Å². The number of methoxy groups -OCH3 is 1. The summed E-state index contributed by atoms with van der Waals surface area (Å²) in [5.41, 5.74) is 1.12. The summed E-state index contributed by atoms with van der Waals surface area (Å²) in [6.07, 6.45) is 0.0371. The van der Waals surface area contributed by atoms with Crippen LogP contribution in [0.25, 0.3) is 0 Å². The maximum absolute atomic E-state index is 12.5. The number of amides is 1. The lowest BCUT2D eigenvalue weighted by Crippen LogP contribution is -2.27. The van der Waals surface area contributed by atoms with Crippen LogP contribution in [0.2, 0.25) is 0 Å². The number of carbonyl (C=O) groups excluding carboxylic acids is 3. The molecule has 8 heteroatoms. The lowest BCUT2D eigenvalue weighted by Gasteiger charge is -2.17. The molecular formula is C26H22BrNO6. The van der Waals surface area contributed by atoms with Gasteiger partial charge in [0.05, 0.1) is 13.0 Å². The van der Waals surface area contributed by atoms with E-state index in [9.17, 15) is 14.4 Å². The van der Waals surface area contributed by atoms with Crippen LogP contribution in [-0.2, 0) is 14.3 Å². The van der Waals surface area contributed by atoms with E-state index in [0.717, 1.165) is 10.2 Å². The number of carbonyl (C=O) groups is 3. The predicted octanol–water partition coefficient (Wildman–Crippen LogP) is 5.03. The van der Waals surface area contributed by atoms with Gasteiger partial charge in [-0.05, 0) is 60.7 Å². The molecule has 4 rings (SSSR count). The van der Waals surface area contributed by atoms with Gasteiger partial charge < -0.3 is 19.1 Å². The highest BCUT2D eigenvalue weighted by atomic mass is 79.9. The van der Waals surface area contributed by atoms with Crippen molar-refractivity contribution in [3.05, 3.63) is 82.8 Å². The number of anilines is 1. The lowest BCUT2D eigenvalue weighted by molar-refractivity contribution is -0.147. The van der Waals surface area contributed by atoms with Gasteiger partial charge in [0.15, 0.2) is 12.4 Å². The van der Waals surface area contributed by atoms with Crippen molar-refractivity contribution < 1.29 is 28.6 Å². The predicted molar refractivity (Wildman–Crippen MR) is 129 cm³/mol. The molecule has 1 atom stereocenters. The summed E-state index contributed by atoms with van der Waals surface area (Å²) in [6.45, 7) is -0.161. The Morgan fingerprint density at radius 3 is 2.12 bits per heavy atom. The van der Waals surface area contributed by atoms with Gasteiger partial charge in [-0.25, -0.2) is 0 Å². The second-order valence-corrected chi connectivity index (χ2v) is 8.63. The Kier molecular flexibility index (Phi) is 7.27. The van der Waals surface area contributed by atoms with Crippen molar-refractivity contribution >= 4 is 39.3 Å². The summed E-state index contributed by atoms with van der Waals surface area (Å²) >= 11 is 3.31. The largest absolute Gasteiger partial charge is 0.497 e. The molecule has 0 radical (unpaired) electrons. The van der Waals surface area contributed by atoms with Crippen LogP contribution in [0.3, 0.4) is 0 Å². The van der Waals surface area contributed by atoms with Crippen molar-refractivity contribution in [1.29, 1.82) is 0 Å². The molecular weight excluding hydrogens is 502 g/mol. The summed E-state index contributed by atoms with van der Waals surface area (Å²) < 4.78 is 17.0. The number of esters is 1. The first kappa shape index (κ1) is 23.5.